The minimum absolute atomic E-state index is 0.117. The number of carbonyl (C=O) groups is 2. The molecule has 6 heteroatoms. The molecule has 0 aliphatic carbocycles. The first-order valence-corrected chi connectivity index (χ1v) is 11.2. The first-order valence-electron chi connectivity index (χ1n) is 11.2. The molecule has 0 saturated carbocycles. The lowest BCUT2D eigenvalue weighted by Gasteiger charge is -2.31. The van der Waals surface area contributed by atoms with Crippen LogP contribution in [0.2, 0.25) is 0 Å². The molecule has 32 heavy (non-hydrogen) atoms. The van der Waals surface area contributed by atoms with E-state index in [2.05, 4.69) is 17.0 Å². The third kappa shape index (κ3) is 4.28. The van der Waals surface area contributed by atoms with Gasteiger partial charge in [-0.2, -0.15) is 0 Å². The van der Waals surface area contributed by atoms with Gasteiger partial charge in [-0.05, 0) is 43.9 Å². The summed E-state index contributed by atoms with van der Waals surface area (Å²) in [6, 6.07) is 15.7. The molecule has 2 aliphatic heterocycles. The van der Waals surface area contributed by atoms with Gasteiger partial charge in [0.1, 0.15) is 11.4 Å². The summed E-state index contributed by atoms with van der Waals surface area (Å²) in [4.78, 5) is 30.5. The number of methoxy groups -OCH3 is 1. The van der Waals surface area contributed by atoms with Gasteiger partial charge in [-0.15, -0.1) is 0 Å². The van der Waals surface area contributed by atoms with Crippen LogP contribution >= 0.6 is 0 Å². The molecule has 2 amide bonds. The molecule has 0 fully saturated rings. The number of benzene rings is 2. The Morgan fingerprint density at radius 1 is 0.969 bits per heavy atom. The number of hydrogen-bond acceptors (Lipinski definition) is 5. The Labute approximate surface area is 189 Å². The molecule has 0 N–H and O–H groups in total. The molecule has 168 valence electrons. The first kappa shape index (κ1) is 22.1. The van der Waals surface area contributed by atoms with Gasteiger partial charge in [-0.25, -0.2) is 0 Å². The van der Waals surface area contributed by atoms with Gasteiger partial charge in [-0.3, -0.25) is 14.5 Å². The maximum atomic E-state index is 13.6. The second-order valence-electron chi connectivity index (χ2n) is 8.40. The Balaban J connectivity index is 1.69. The Hall–Kier alpha value is -3.12. The molecule has 0 bridgehead atoms. The van der Waals surface area contributed by atoms with E-state index < -0.39 is 0 Å². The van der Waals surface area contributed by atoms with Gasteiger partial charge in [0.2, 0.25) is 0 Å². The number of nitrogens with zero attached hydrogens (tertiary/aromatic N) is 2. The van der Waals surface area contributed by atoms with E-state index in [1.54, 1.807) is 7.11 Å². The van der Waals surface area contributed by atoms with Crippen molar-refractivity contribution in [3.05, 3.63) is 70.9 Å². The van der Waals surface area contributed by atoms with Crippen LogP contribution in [0.4, 0.5) is 0 Å². The van der Waals surface area contributed by atoms with E-state index in [0.29, 0.717) is 55.2 Å². The van der Waals surface area contributed by atoms with Crippen LogP contribution in [0.5, 0.6) is 5.75 Å². The molecular formula is C26H30N2O4. The molecule has 0 spiro atoms. The van der Waals surface area contributed by atoms with Crippen molar-refractivity contribution in [2.75, 3.05) is 26.8 Å². The minimum Gasteiger partial charge on any atom is -0.496 e. The molecular weight excluding hydrogens is 404 g/mol. The van der Waals surface area contributed by atoms with Crippen LogP contribution in [0, 0.1) is 0 Å². The van der Waals surface area contributed by atoms with Gasteiger partial charge in [0.05, 0.1) is 18.8 Å². The van der Waals surface area contributed by atoms with Crippen molar-refractivity contribution in [3.8, 4) is 5.75 Å². The lowest BCUT2D eigenvalue weighted by molar-refractivity contribution is -0.137. The fourth-order valence-corrected chi connectivity index (χ4v) is 4.38. The number of carbonyl (C=O) groups excluding carboxylic acids is 2. The fraction of sp³-hybridized carbons (Fsp3) is 0.385. The largest absolute Gasteiger partial charge is 0.496 e. The van der Waals surface area contributed by atoms with Crippen molar-refractivity contribution in [1.29, 1.82) is 0 Å². The SMILES string of the molecule is COc1ccccc1C1=C(N2CCc3ccccc3C2)C(=O)N(CCCOC(C)C)C1=O. The second kappa shape index (κ2) is 9.57. The van der Waals surface area contributed by atoms with E-state index in [1.165, 1.54) is 16.0 Å². The molecule has 0 aromatic heterocycles. The summed E-state index contributed by atoms with van der Waals surface area (Å²) >= 11 is 0. The molecule has 2 heterocycles. The highest BCUT2D eigenvalue weighted by molar-refractivity contribution is 6.36. The summed E-state index contributed by atoms with van der Waals surface area (Å²) < 4.78 is 11.1. The predicted molar refractivity (Wildman–Crippen MR) is 123 cm³/mol. The molecule has 4 rings (SSSR count). The number of fused-ring (bicyclic) bond motifs is 1. The molecule has 2 aromatic rings. The monoisotopic (exact) mass is 434 g/mol. The maximum absolute atomic E-state index is 13.6. The average Bonchev–Trinajstić information content (AvgIpc) is 3.05. The van der Waals surface area contributed by atoms with Gasteiger partial charge in [-0.1, -0.05) is 42.5 Å². The van der Waals surface area contributed by atoms with Crippen LogP contribution in [0.25, 0.3) is 5.57 Å². The van der Waals surface area contributed by atoms with Crippen molar-refractivity contribution < 1.29 is 19.1 Å². The quantitative estimate of drug-likeness (QED) is 0.469. The van der Waals surface area contributed by atoms with Crippen LogP contribution in [0.15, 0.2) is 54.2 Å². The Bertz CT molecular complexity index is 1040. The third-order valence-electron chi connectivity index (χ3n) is 5.94. The summed E-state index contributed by atoms with van der Waals surface area (Å²) in [7, 11) is 1.58. The average molecular weight is 435 g/mol. The normalized spacial score (nSPS) is 16.2. The number of imide groups is 1. The molecule has 2 aromatic carbocycles. The molecule has 0 atom stereocenters. The first-order chi connectivity index (χ1) is 15.5. The van der Waals surface area contributed by atoms with E-state index in [4.69, 9.17) is 9.47 Å². The van der Waals surface area contributed by atoms with Gasteiger partial charge in [0, 0.05) is 31.8 Å². The summed E-state index contributed by atoms with van der Waals surface area (Å²) in [5.41, 5.74) is 4.04. The summed E-state index contributed by atoms with van der Waals surface area (Å²) in [5, 5.41) is 0. The zero-order valence-corrected chi connectivity index (χ0v) is 19.0. The number of para-hydroxylation sites is 1. The maximum Gasteiger partial charge on any atom is 0.277 e. The van der Waals surface area contributed by atoms with Gasteiger partial charge >= 0.3 is 0 Å². The lowest BCUT2D eigenvalue weighted by Crippen LogP contribution is -2.38. The topological polar surface area (TPSA) is 59.1 Å². The van der Waals surface area contributed by atoms with E-state index >= 15 is 0 Å². The van der Waals surface area contributed by atoms with Crippen molar-refractivity contribution in [2.24, 2.45) is 0 Å². The molecule has 2 aliphatic rings. The molecule has 0 saturated heterocycles. The van der Waals surface area contributed by atoms with Crippen LogP contribution in [-0.4, -0.2) is 54.5 Å². The highest BCUT2D eigenvalue weighted by Gasteiger charge is 2.42. The van der Waals surface area contributed by atoms with E-state index in [-0.39, 0.29) is 17.9 Å². The van der Waals surface area contributed by atoms with E-state index in [1.807, 2.05) is 50.2 Å². The van der Waals surface area contributed by atoms with Gasteiger partial charge < -0.3 is 14.4 Å². The summed E-state index contributed by atoms with van der Waals surface area (Å²) in [6.45, 7) is 6.07. The van der Waals surface area contributed by atoms with Crippen LogP contribution in [-0.2, 0) is 27.3 Å². The molecule has 0 unspecified atom stereocenters. The Morgan fingerprint density at radius 2 is 1.69 bits per heavy atom. The Kier molecular flexibility index (Phi) is 6.61. The van der Waals surface area contributed by atoms with Crippen LogP contribution in [0.3, 0.4) is 0 Å². The number of hydrogen-bond donors (Lipinski definition) is 0. The van der Waals surface area contributed by atoms with Gasteiger partial charge in [0.15, 0.2) is 0 Å². The fourth-order valence-electron chi connectivity index (χ4n) is 4.38. The second-order valence-corrected chi connectivity index (χ2v) is 8.40. The van der Waals surface area contributed by atoms with Crippen molar-refractivity contribution in [1.82, 2.24) is 9.80 Å². The van der Waals surface area contributed by atoms with Crippen molar-refractivity contribution in [2.45, 2.75) is 39.3 Å². The predicted octanol–water partition coefficient (Wildman–Crippen LogP) is 3.65. The standard InChI is InChI=1S/C26H30N2O4/c1-18(2)32-16-8-14-28-25(29)23(21-11-6-7-12-22(21)31-3)24(26(28)30)27-15-13-19-9-4-5-10-20(19)17-27/h4-7,9-12,18H,8,13-17H2,1-3H3. The van der Waals surface area contributed by atoms with Crippen molar-refractivity contribution >= 4 is 17.4 Å². The van der Waals surface area contributed by atoms with E-state index in [9.17, 15) is 9.59 Å². The zero-order valence-electron chi connectivity index (χ0n) is 19.0. The number of amides is 2. The summed E-state index contributed by atoms with van der Waals surface area (Å²) in [5.74, 6) is 0.0845. The molecule has 0 radical (unpaired) electrons. The Morgan fingerprint density at radius 3 is 2.44 bits per heavy atom. The minimum atomic E-state index is -0.266. The van der Waals surface area contributed by atoms with Crippen LogP contribution < -0.4 is 4.74 Å². The smallest absolute Gasteiger partial charge is 0.277 e. The summed E-state index contributed by atoms with van der Waals surface area (Å²) in [6.07, 6.45) is 1.55. The number of rotatable bonds is 8. The lowest BCUT2D eigenvalue weighted by atomic mass is 9.97. The van der Waals surface area contributed by atoms with E-state index in [0.717, 1.165) is 6.42 Å². The van der Waals surface area contributed by atoms with Crippen LogP contribution in [0.1, 0.15) is 37.0 Å². The van der Waals surface area contributed by atoms with Gasteiger partial charge in [0.25, 0.3) is 11.8 Å². The highest BCUT2D eigenvalue weighted by atomic mass is 16.5. The molecule has 6 nitrogen and oxygen atoms in total. The zero-order chi connectivity index (χ0) is 22.7. The van der Waals surface area contributed by atoms with Crippen molar-refractivity contribution in [3.63, 3.8) is 0 Å². The third-order valence-corrected chi connectivity index (χ3v) is 5.94. The number of ether oxygens (including phenoxy) is 2. The highest BCUT2D eigenvalue weighted by Crippen LogP contribution is 2.37.